The lowest BCUT2D eigenvalue weighted by Crippen LogP contribution is -2.37. The number of unbranched alkanes of at least 4 members (excludes halogenated alkanes) is 2. The zero-order valence-electron chi connectivity index (χ0n) is 12.5. The van der Waals surface area contributed by atoms with Crippen LogP contribution in [0.25, 0.3) is 0 Å². The topological polar surface area (TPSA) is 64.2 Å². The minimum absolute atomic E-state index is 0.0312. The number of hydrogen-bond donors (Lipinski definition) is 1. The van der Waals surface area contributed by atoms with E-state index in [9.17, 15) is 4.79 Å². The Morgan fingerprint density at radius 3 is 2.58 bits per heavy atom. The number of hydrogen-bond acceptors (Lipinski definition) is 4. The van der Waals surface area contributed by atoms with Crippen LogP contribution in [0.3, 0.4) is 0 Å². The van der Waals surface area contributed by atoms with Gasteiger partial charge in [-0.1, -0.05) is 6.42 Å². The molecule has 0 aliphatic carbocycles. The van der Waals surface area contributed by atoms with Gasteiger partial charge < -0.3 is 15.2 Å². The Hall–Kier alpha value is -1.36. The molecule has 0 saturated carbocycles. The van der Waals surface area contributed by atoms with Crippen molar-refractivity contribution in [3.63, 3.8) is 0 Å². The van der Waals surface area contributed by atoms with Crippen LogP contribution in [0.5, 0.6) is 0 Å². The van der Waals surface area contributed by atoms with E-state index in [0.29, 0.717) is 5.82 Å². The summed E-state index contributed by atoms with van der Waals surface area (Å²) in [6.07, 6.45) is 6.58. The quantitative estimate of drug-likeness (QED) is 0.794. The highest BCUT2D eigenvalue weighted by Gasteiger charge is 2.18. The molecule has 1 aromatic rings. The molecule has 0 atom stereocenters. The van der Waals surface area contributed by atoms with E-state index in [4.69, 9.17) is 5.73 Å². The van der Waals surface area contributed by atoms with Crippen molar-refractivity contribution >= 4 is 5.82 Å². The van der Waals surface area contributed by atoms with Gasteiger partial charge in [-0.3, -0.25) is 4.79 Å². The van der Waals surface area contributed by atoms with Crippen molar-refractivity contribution in [1.82, 2.24) is 9.55 Å². The van der Waals surface area contributed by atoms with Gasteiger partial charge in [0.2, 0.25) is 0 Å². The van der Waals surface area contributed by atoms with Crippen LogP contribution >= 0.6 is 0 Å². The molecule has 0 radical (unpaired) electrons. The zero-order chi connectivity index (χ0) is 14.5. The second-order valence-electron chi connectivity index (χ2n) is 5.87. The van der Waals surface area contributed by atoms with Crippen molar-refractivity contribution in [3.8, 4) is 0 Å². The maximum atomic E-state index is 12.4. The normalized spacial score (nSPS) is 11.6. The van der Waals surface area contributed by atoms with Gasteiger partial charge in [0.05, 0.1) is 0 Å². The van der Waals surface area contributed by atoms with E-state index in [1.54, 1.807) is 17.0 Å². The van der Waals surface area contributed by atoms with Crippen LogP contribution in [-0.2, 0) is 5.54 Å². The second kappa shape index (κ2) is 6.70. The highest BCUT2D eigenvalue weighted by Crippen LogP contribution is 2.12. The number of rotatable bonds is 6. The summed E-state index contributed by atoms with van der Waals surface area (Å²) in [6.45, 7) is 7.60. The molecule has 0 bridgehead atoms. The van der Waals surface area contributed by atoms with E-state index >= 15 is 0 Å². The number of anilines is 1. The summed E-state index contributed by atoms with van der Waals surface area (Å²) in [5, 5.41) is 0. The van der Waals surface area contributed by atoms with E-state index in [1.807, 2.05) is 32.7 Å². The highest BCUT2D eigenvalue weighted by molar-refractivity contribution is 5.34. The highest BCUT2D eigenvalue weighted by atomic mass is 16.1. The first kappa shape index (κ1) is 15.7. The number of nitrogens with zero attached hydrogens (tertiary/aromatic N) is 3. The number of aromatic nitrogens is 2. The van der Waals surface area contributed by atoms with E-state index in [-0.39, 0.29) is 11.1 Å². The van der Waals surface area contributed by atoms with E-state index in [0.717, 1.165) is 32.4 Å². The summed E-state index contributed by atoms with van der Waals surface area (Å²) in [5.74, 6) is 0.519. The Labute approximate surface area is 115 Å². The van der Waals surface area contributed by atoms with Gasteiger partial charge in [-0.05, 0) is 40.2 Å². The van der Waals surface area contributed by atoms with Crippen LogP contribution in [0, 0.1) is 0 Å². The molecule has 0 saturated heterocycles. The standard InChI is InChI=1S/C14H26N4O/c1-14(2,3)18-11-9-16-12(13(18)19)17(4)10-7-5-6-8-15/h9,11H,5-8,10,15H2,1-4H3. The SMILES string of the molecule is CN(CCCCCN)c1nccn(C(C)(C)C)c1=O. The van der Waals surface area contributed by atoms with Crippen LogP contribution < -0.4 is 16.2 Å². The van der Waals surface area contributed by atoms with Gasteiger partial charge in [0.25, 0.3) is 5.56 Å². The van der Waals surface area contributed by atoms with Gasteiger partial charge in [-0.25, -0.2) is 4.98 Å². The lowest BCUT2D eigenvalue weighted by Gasteiger charge is -2.24. The molecule has 0 amide bonds. The molecule has 2 N–H and O–H groups in total. The van der Waals surface area contributed by atoms with E-state index in [1.165, 1.54) is 0 Å². The largest absolute Gasteiger partial charge is 0.355 e. The molecular formula is C14H26N4O. The van der Waals surface area contributed by atoms with Gasteiger partial charge in [0, 0.05) is 31.5 Å². The summed E-state index contributed by atoms with van der Waals surface area (Å²) < 4.78 is 1.73. The molecule has 0 aromatic carbocycles. The molecule has 19 heavy (non-hydrogen) atoms. The lowest BCUT2D eigenvalue weighted by atomic mass is 10.1. The summed E-state index contributed by atoms with van der Waals surface area (Å²) in [5.41, 5.74) is 5.21. The molecule has 0 unspecified atom stereocenters. The molecule has 0 aliphatic rings. The monoisotopic (exact) mass is 266 g/mol. The van der Waals surface area contributed by atoms with Crippen LogP contribution in [0.1, 0.15) is 40.0 Å². The predicted octanol–water partition coefficient (Wildman–Crippen LogP) is 1.56. The van der Waals surface area contributed by atoms with E-state index < -0.39 is 0 Å². The minimum Gasteiger partial charge on any atom is -0.355 e. The van der Waals surface area contributed by atoms with Gasteiger partial charge in [0.15, 0.2) is 5.82 Å². The summed E-state index contributed by atoms with van der Waals surface area (Å²) in [6, 6.07) is 0. The van der Waals surface area contributed by atoms with Crippen LogP contribution in [-0.4, -0.2) is 29.7 Å². The van der Waals surface area contributed by atoms with Crippen LogP contribution in [0.4, 0.5) is 5.82 Å². The van der Waals surface area contributed by atoms with Crippen molar-refractivity contribution in [3.05, 3.63) is 22.7 Å². The van der Waals surface area contributed by atoms with Crippen LogP contribution in [0.15, 0.2) is 17.2 Å². The summed E-state index contributed by atoms with van der Waals surface area (Å²) in [7, 11) is 1.92. The van der Waals surface area contributed by atoms with Gasteiger partial charge >= 0.3 is 0 Å². The van der Waals surface area contributed by atoms with Gasteiger partial charge in [0.1, 0.15) is 0 Å². The third-order valence-corrected chi connectivity index (χ3v) is 3.10. The average Bonchev–Trinajstić information content (AvgIpc) is 2.33. The van der Waals surface area contributed by atoms with Crippen molar-refractivity contribution in [2.24, 2.45) is 5.73 Å². The third kappa shape index (κ3) is 4.35. The smallest absolute Gasteiger partial charge is 0.293 e. The Balaban J connectivity index is 2.81. The summed E-state index contributed by atoms with van der Waals surface area (Å²) >= 11 is 0. The molecular weight excluding hydrogens is 240 g/mol. The fourth-order valence-corrected chi connectivity index (χ4v) is 1.97. The van der Waals surface area contributed by atoms with Gasteiger partial charge in [-0.15, -0.1) is 0 Å². The summed E-state index contributed by atoms with van der Waals surface area (Å²) in [4.78, 5) is 18.5. The number of nitrogens with two attached hydrogens (primary N) is 1. The Kier molecular flexibility index (Phi) is 5.54. The fraction of sp³-hybridized carbons (Fsp3) is 0.714. The molecule has 5 heteroatoms. The molecule has 108 valence electrons. The molecule has 1 aromatic heterocycles. The predicted molar refractivity (Wildman–Crippen MR) is 79.7 cm³/mol. The van der Waals surface area contributed by atoms with Gasteiger partial charge in [-0.2, -0.15) is 0 Å². The second-order valence-corrected chi connectivity index (χ2v) is 5.87. The average molecular weight is 266 g/mol. The molecule has 1 heterocycles. The molecule has 0 aliphatic heterocycles. The first-order valence-corrected chi connectivity index (χ1v) is 6.87. The molecule has 0 spiro atoms. The minimum atomic E-state index is -0.227. The van der Waals surface area contributed by atoms with Crippen molar-refractivity contribution in [2.75, 3.05) is 25.0 Å². The van der Waals surface area contributed by atoms with Crippen molar-refractivity contribution in [2.45, 2.75) is 45.6 Å². The first-order chi connectivity index (χ1) is 8.88. The Bertz CT molecular complexity index is 447. The zero-order valence-corrected chi connectivity index (χ0v) is 12.5. The Morgan fingerprint density at radius 1 is 1.32 bits per heavy atom. The van der Waals surface area contributed by atoms with E-state index in [2.05, 4.69) is 4.98 Å². The third-order valence-electron chi connectivity index (χ3n) is 3.10. The molecule has 5 nitrogen and oxygen atoms in total. The fourth-order valence-electron chi connectivity index (χ4n) is 1.97. The van der Waals surface area contributed by atoms with Crippen molar-refractivity contribution < 1.29 is 0 Å². The molecule has 0 fully saturated rings. The first-order valence-electron chi connectivity index (χ1n) is 6.87. The molecule has 1 rings (SSSR count). The van der Waals surface area contributed by atoms with Crippen molar-refractivity contribution in [1.29, 1.82) is 0 Å². The maximum absolute atomic E-state index is 12.4. The lowest BCUT2D eigenvalue weighted by molar-refractivity contribution is 0.382. The Morgan fingerprint density at radius 2 is 2.00 bits per heavy atom. The van der Waals surface area contributed by atoms with Crippen LogP contribution in [0.2, 0.25) is 0 Å². The maximum Gasteiger partial charge on any atom is 0.293 e.